The van der Waals surface area contributed by atoms with Gasteiger partial charge < -0.3 is 10.0 Å². The lowest BCUT2D eigenvalue weighted by molar-refractivity contribution is -0.142. The van der Waals surface area contributed by atoms with Crippen molar-refractivity contribution in [3.63, 3.8) is 0 Å². The first-order valence-electron chi connectivity index (χ1n) is 6.09. The van der Waals surface area contributed by atoms with Crippen LogP contribution >= 0.6 is 0 Å². The number of carbonyl (C=O) groups excluding carboxylic acids is 1. The average molecular weight is 211 g/mol. The van der Waals surface area contributed by atoms with Crippen LogP contribution in [0.4, 0.5) is 0 Å². The number of aliphatic hydroxyl groups excluding tert-OH is 1. The minimum Gasteiger partial charge on any atom is -0.391 e. The van der Waals surface area contributed by atoms with E-state index in [1.54, 1.807) is 0 Å². The van der Waals surface area contributed by atoms with Crippen LogP contribution in [-0.2, 0) is 4.79 Å². The van der Waals surface area contributed by atoms with E-state index < -0.39 is 0 Å². The standard InChI is InChI=1S/C12H21NO2/c1-12(6-3-2-4-7-12)11(15)13-8-5-10(14)9-13/h10,14H,2-9H2,1H3. The predicted octanol–water partition coefficient (Wildman–Crippen LogP) is 1.55. The van der Waals surface area contributed by atoms with Crippen molar-refractivity contribution >= 4 is 5.91 Å². The Balaban J connectivity index is 1.99. The van der Waals surface area contributed by atoms with Crippen LogP contribution in [0, 0.1) is 5.41 Å². The second-order valence-electron chi connectivity index (χ2n) is 5.31. The molecule has 1 heterocycles. The first kappa shape index (κ1) is 10.9. The third-order valence-electron chi connectivity index (χ3n) is 3.92. The molecule has 1 saturated carbocycles. The maximum absolute atomic E-state index is 12.3. The van der Waals surface area contributed by atoms with Crippen molar-refractivity contribution < 1.29 is 9.90 Å². The Morgan fingerprint density at radius 3 is 2.53 bits per heavy atom. The van der Waals surface area contributed by atoms with Crippen molar-refractivity contribution in [2.75, 3.05) is 13.1 Å². The highest BCUT2D eigenvalue weighted by molar-refractivity contribution is 5.82. The van der Waals surface area contributed by atoms with E-state index >= 15 is 0 Å². The van der Waals surface area contributed by atoms with Gasteiger partial charge in [-0.2, -0.15) is 0 Å². The molecule has 1 atom stereocenters. The van der Waals surface area contributed by atoms with Crippen LogP contribution in [0.5, 0.6) is 0 Å². The molecular weight excluding hydrogens is 190 g/mol. The molecule has 3 heteroatoms. The molecule has 2 rings (SSSR count). The Hall–Kier alpha value is -0.570. The number of aliphatic hydroxyl groups is 1. The summed E-state index contributed by atoms with van der Waals surface area (Å²) in [5.41, 5.74) is -0.137. The van der Waals surface area contributed by atoms with Crippen LogP contribution in [0.25, 0.3) is 0 Å². The normalized spacial score (nSPS) is 30.5. The van der Waals surface area contributed by atoms with E-state index in [1.807, 2.05) is 4.90 Å². The van der Waals surface area contributed by atoms with Crippen LogP contribution in [0.1, 0.15) is 45.4 Å². The maximum Gasteiger partial charge on any atom is 0.228 e. The molecule has 2 fully saturated rings. The maximum atomic E-state index is 12.3. The first-order chi connectivity index (χ1) is 7.12. The molecule has 0 aromatic carbocycles. The van der Waals surface area contributed by atoms with Gasteiger partial charge in [-0.15, -0.1) is 0 Å². The number of rotatable bonds is 1. The van der Waals surface area contributed by atoms with Crippen molar-refractivity contribution in [3.8, 4) is 0 Å². The summed E-state index contributed by atoms with van der Waals surface area (Å²) in [6.45, 7) is 3.39. The Kier molecular flexibility index (Phi) is 3.01. The summed E-state index contributed by atoms with van der Waals surface area (Å²) in [5, 5.41) is 9.44. The molecule has 1 aliphatic carbocycles. The molecule has 0 aromatic heterocycles. The summed E-state index contributed by atoms with van der Waals surface area (Å²) < 4.78 is 0. The molecule has 2 aliphatic rings. The number of hydrogen-bond acceptors (Lipinski definition) is 2. The lowest BCUT2D eigenvalue weighted by Gasteiger charge is -2.35. The van der Waals surface area contributed by atoms with Gasteiger partial charge in [-0.05, 0) is 19.3 Å². The Morgan fingerprint density at radius 1 is 1.33 bits per heavy atom. The van der Waals surface area contributed by atoms with E-state index in [0.29, 0.717) is 6.54 Å². The van der Waals surface area contributed by atoms with E-state index in [2.05, 4.69) is 6.92 Å². The first-order valence-corrected chi connectivity index (χ1v) is 6.09. The highest BCUT2D eigenvalue weighted by Crippen LogP contribution is 2.38. The van der Waals surface area contributed by atoms with Gasteiger partial charge in [0.25, 0.3) is 0 Å². The van der Waals surface area contributed by atoms with Gasteiger partial charge in [0.05, 0.1) is 6.10 Å². The molecule has 15 heavy (non-hydrogen) atoms. The van der Waals surface area contributed by atoms with Gasteiger partial charge in [-0.25, -0.2) is 0 Å². The van der Waals surface area contributed by atoms with E-state index in [1.165, 1.54) is 19.3 Å². The van der Waals surface area contributed by atoms with Crippen LogP contribution in [0.15, 0.2) is 0 Å². The lowest BCUT2D eigenvalue weighted by atomic mass is 9.75. The van der Waals surface area contributed by atoms with Crippen molar-refractivity contribution in [2.45, 2.75) is 51.6 Å². The SMILES string of the molecule is CC1(C(=O)N2CCC(O)C2)CCCCC1. The second kappa shape index (κ2) is 4.12. The van der Waals surface area contributed by atoms with Gasteiger partial charge in [0, 0.05) is 18.5 Å². The predicted molar refractivity (Wildman–Crippen MR) is 58.4 cm³/mol. The van der Waals surface area contributed by atoms with Gasteiger partial charge in [0.15, 0.2) is 0 Å². The Labute approximate surface area is 91.5 Å². The van der Waals surface area contributed by atoms with Gasteiger partial charge in [0.2, 0.25) is 5.91 Å². The average Bonchev–Trinajstić information content (AvgIpc) is 2.65. The molecule has 86 valence electrons. The number of hydrogen-bond donors (Lipinski definition) is 1. The number of carbonyl (C=O) groups is 1. The van der Waals surface area contributed by atoms with Crippen LogP contribution in [-0.4, -0.2) is 35.1 Å². The van der Waals surface area contributed by atoms with Crippen LogP contribution in [0.2, 0.25) is 0 Å². The zero-order valence-corrected chi connectivity index (χ0v) is 9.54. The summed E-state index contributed by atoms with van der Waals surface area (Å²) in [4.78, 5) is 14.1. The second-order valence-corrected chi connectivity index (χ2v) is 5.31. The Bertz CT molecular complexity index is 246. The largest absolute Gasteiger partial charge is 0.391 e. The zero-order valence-electron chi connectivity index (χ0n) is 9.54. The molecule has 0 aromatic rings. The molecule has 1 N–H and O–H groups in total. The molecule has 1 saturated heterocycles. The lowest BCUT2D eigenvalue weighted by Crippen LogP contribution is -2.42. The third kappa shape index (κ3) is 2.17. The number of β-amino-alcohol motifs (C(OH)–C–C–N with tert-alkyl or cyclic N) is 1. The monoisotopic (exact) mass is 211 g/mol. The van der Waals surface area contributed by atoms with Gasteiger partial charge in [-0.3, -0.25) is 4.79 Å². The number of likely N-dealkylation sites (tertiary alicyclic amines) is 1. The Morgan fingerprint density at radius 2 is 2.00 bits per heavy atom. The van der Waals surface area contributed by atoms with E-state index in [0.717, 1.165) is 25.8 Å². The summed E-state index contributed by atoms with van der Waals surface area (Å²) in [5.74, 6) is 0.277. The zero-order chi connectivity index (χ0) is 10.9. The summed E-state index contributed by atoms with van der Waals surface area (Å²) in [6, 6.07) is 0. The molecule has 1 unspecified atom stereocenters. The van der Waals surface area contributed by atoms with Crippen LogP contribution < -0.4 is 0 Å². The van der Waals surface area contributed by atoms with Crippen molar-refractivity contribution in [3.05, 3.63) is 0 Å². The van der Waals surface area contributed by atoms with E-state index in [-0.39, 0.29) is 17.4 Å². The fraction of sp³-hybridized carbons (Fsp3) is 0.917. The fourth-order valence-corrected chi connectivity index (χ4v) is 2.85. The summed E-state index contributed by atoms with van der Waals surface area (Å²) in [7, 11) is 0. The summed E-state index contributed by atoms with van der Waals surface area (Å²) in [6.07, 6.45) is 6.14. The minimum absolute atomic E-state index is 0.137. The molecule has 1 amide bonds. The quantitative estimate of drug-likeness (QED) is 0.715. The van der Waals surface area contributed by atoms with Crippen molar-refractivity contribution in [1.82, 2.24) is 4.90 Å². The number of nitrogens with zero attached hydrogens (tertiary/aromatic N) is 1. The summed E-state index contributed by atoms with van der Waals surface area (Å²) >= 11 is 0. The molecule has 1 aliphatic heterocycles. The molecule has 0 bridgehead atoms. The van der Waals surface area contributed by atoms with Crippen molar-refractivity contribution in [1.29, 1.82) is 0 Å². The highest BCUT2D eigenvalue weighted by Gasteiger charge is 2.39. The molecular formula is C12H21NO2. The highest BCUT2D eigenvalue weighted by atomic mass is 16.3. The minimum atomic E-state index is -0.291. The molecule has 3 nitrogen and oxygen atoms in total. The van der Waals surface area contributed by atoms with Crippen LogP contribution in [0.3, 0.4) is 0 Å². The smallest absolute Gasteiger partial charge is 0.228 e. The third-order valence-corrected chi connectivity index (χ3v) is 3.92. The topological polar surface area (TPSA) is 40.5 Å². The van der Waals surface area contributed by atoms with Gasteiger partial charge in [0.1, 0.15) is 0 Å². The fourth-order valence-electron chi connectivity index (χ4n) is 2.85. The van der Waals surface area contributed by atoms with E-state index in [9.17, 15) is 9.90 Å². The van der Waals surface area contributed by atoms with Gasteiger partial charge in [-0.1, -0.05) is 26.2 Å². The number of amides is 1. The molecule has 0 spiro atoms. The van der Waals surface area contributed by atoms with Crippen molar-refractivity contribution in [2.24, 2.45) is 5.41 Å². The molecule has 0 radical (unpaired) electrons. The van der Waals surface area contributed by atoms with E-state index in [4.69, 9.17) is 0 Å². The van der Waals surface area contributed by atoms with Gasteiger partial charge >= 0.3 is 0 Å².